The Bertz CT molecular complexity index is 931. The number of hydrazone groups is 1. The van der Waals surface area contributed by atoms with Gasteiger partial charge >= 0.3 is 0 Å². The Balaban J connectivity index is 1.69. The van der Waals surface area contributed by atoms with Crippen LogP contribution >= 0.6 is 0 Å². The molecule has 0 saturated carbocycles. The Labute approximate surface area is 137 Å². The molecule has 0 unspecified atom stereocenters. The maximum absolute atomic E-state index is 12.1. The van der Waals surface area contributed by atoms with Crippen molar-refractivity contribution in [1.82, 2.24) is 15.0 Å². The number of fused-ring (bicyclic) bond motifs is 1. The number of benzene rings is 2. The van der Waals surface area contributed by atoms with Crippen LogP contribution in [0.15, 0.2) is 47.6 Å². The number of hydrogen-bond donors (Lipinski definition) is 3. The SMILES string of the molecule is Cc1nc2ccccc2n1CC(=O)NN=Cc1ccc(O)cc1O. The summed E-state index contributed by atoms with van der Waals surface area (Å²) in [7, 11) is 0. The van der Waals surface area contributed by atoms with Crippen LogP contribution in [0.25, 0.3) is 11.0 Å². The number of carbonyl (C=O) groups is 1. The first kappa shape index (κ1) is 15.5. The molecule has 2 aromatic carbocycles. The molecule has 7 heteroatoms. The van der Waals surface area contributed by atoms with Crippen molar-refractivity contribution in [1.29, 1.82) is 0 Å². The van der Waals surface area contributed by atoms with Crippen molar-refractivity contribution in [3.05, 3.63) is 53.9 Å². The molecule has 0 aliphatic rings. The second-order valence-electron chi connectivity index (χ2n) is 5.27. The molecule has 122 valence electrons. The van der Waals surface area contributed by atoms with E-state index in [-0.39, 0.29) is 24.0 Å². The van der Waals surface area contributed by atoms with Gasteiger partial charge in [0.15, 0.2) is 0 Å². The third kappa shape index (κ3) is 3.19. The van der Waals surface area contributed by atoms with Gasteiger partial charge in [0.1, 0.15) is 23.9 Å². The Morgan fingerprint density at radius 3 is 2.88 bits per heavy atom. The fourth-order valence-corrected chi connectivity index (χ4v) is 2.39. The van der Waals surface area contributed by atoms with E-state index < -0.39 is 0 Å². The van der Waals surface area contributed by atoms with Crippen LogP contribution in [0.1, 0.15) is 11.4 Å². The van der Waals surface area contributed by atoms with Crippen molar-refractivity contribution in [2.75, 3.05) is 0 Å². The zero-order valence-electron chi connectivity index (χ0n) is 13.0. The van der Waals surface area contributed by atoms with E-state index in [1.54, 1.807) is 4.57 Å². The van der Waals surface area contributed by atoms with E-state index in [9.17, 15) is 15.0 Å². The second-order valence-corrected chi connectivity index (χ2v) is 5.27. The quantitative estimate of drug-likeness (QED) is 0.504. The minimum absolute atomic E-state index is 0.0452. The molecule has 0 bridgehead atoms. The van der Waals surface area contributed by atoms with Gasteiger partial charge < -0.3 is 14.8 Å². The molecule has 3 aromatic rings. The summed E-state index contributed by atoms with van der Waals surface area (Å²) in [5, 5.41) is 22.7. The molecule has 0 aliphatic carbocycles. The van der Waals surface area contributed by atoms with E-state index in [4.69, 9.17) is 0 Å². The number of para-hydroxylation sites is 2. The third-order valence-corrected chi connectivity index (χ3v) is 3.55. The van der Waals surface area contributed by atoms with Gasteiger partial charge in [-0.25, -0.2) is 10.4 Å². The number of aromatic nitrogens is 2. The highest BCUT2D eigenvalue weighted by Crippen LogP contribution is 2.20. The lowest BCUT2D eigenvalue weighted by molar-refractivity contribution is -0.121. The van der Waals surface area contributed by atoms with Crippen molar-refractivity contribution in [3.63, 3.8) is 0 Å². The van der Waals surface area contributed by atoms with Gasteiger partial charge in [-0.3, -0.25) is 4.79 Å². The van der Waals surface area contributed by atoms with Gasteiger partial charge in [0.2, 0.25) is 0 Å². The minimum atomic E-state index is -0.309. The summed E-state index contributed by atoms with van der Waals surface area (Å²) < 4.78 is 1.80. The summed E-state index contributed by atoms with van der Waals surface area (Å²) in [6, 6.07) is 11.7. The fraction of sp³-hybridized carbons (Fsp3) is 0.118. The normalized spacial score (nSPS) is 11.2. The molecule has 1 heterocycles. The topological polar surface area (TPSA) is 99.7 Å². The van der Waals surface area contributed by atoms with E-state index in [0.29, 0.717) is 5.56 Å². The highest BCUT2D eigenvalue weighted by atomic mass is 16.3. The van der Waals surface area contributed by atoms with Gasteiger partial charge in [-0.1, -0.05) is 12.1 Å². The van der Waals surface area contributed by atoms with Crippen LogP contribution in [0.2, 0.25) is 0 Å². The number of nitrogens with zero attached hydrogens (tertiary/aromatic N) is 3. The number of hydrogen-bond acceptors (Lipinski definition) is 5. The highest BCUT2D eigenvalue weighted by molar-refractivity contribution is 5.86. The molecule has 0 fully saturated rings. The van der Waals surface area contributed by atoms with E-state index in [1.165, 1.54) is 24.4 Å². The second kappa shape index (κ2) is 6.41. The minimum Gasteiger partial charge on any atom is -0.508 e. The van der Waals surface area contributed by atoms with Crippen LogP contribution in [0.4, 0.5) is 0 Å². The van der Waals surface area contributed by atoms with Crippen molar-refractivity contribution in [3.8, 4) is 11.5 Å². The molecule has 1 amide bonds. The average molecular weight is 324 g/mol. The van der Waals surface area contributed by atoms with E-state index in [1.807, 2.05) is 31.2 Å². The van der Waals surface area contributed by atoms with Gasteiger partial charge in [0, 0.05) is 11.6 Å². The lowest BCUT2D eigenvalue weighted by Gasteiger charge is -2.05. The fourth-order valence-electron chi connectivity index (χ4n) is 2.39. The maximum atomic E-state index is 12.1. The molecule has 3 N–H and O–H groups in total. The first-order chi connectivity index (χ1) is 11.5. The Hall–Kier alpha value is -3.35. The number of aryl methyl sites for hydroxylation is 1. The van der Waals surface area contributed by atoms with Crippen LogP contribution in [0, 0.1) is 6.92 Å². The number of nitrogens with one attached hydrogen (secondary N) is 1. The zero-order valence-corrected chi connectivity index (χ0v) is 13.0. The molecular formula is C17H16N4O3. The van der Waals surface area contributed by atoms with Crippen LogP contribution < -0.4 is 5.43 Å². The first-order valence-electron chi connectivity index (χ1n) is 7.30. The Morgan fingerprint density at radius 2 is 2.08 bits per heavy atom. The number of rotatable bonds is 4. The Morgan fingerprint density at radius 1 is 1.29 bits per heavy atom. The van der Waals surface area contributed by atoms with E-state index in [2.05, 4.69) is 15.5 Å². The zero-order chi connectivity index (χ0) is 17.1. The number of aromatic hydroxyl groups is 2. The third-order valence-electron chi connectivity index (χ3n) is 3.55. The number of phenols is 2. The van der Waals surface area contributed by atoms with Gasteiger partial charge in [-0.05, 0) is 31.2 Å². The summed E-state index contributed by atoms with van der Waals surface area (Å²) in [5.74, 6) is 0.267. The van der Waals surface area contributed by atoms with E-state index >= 15 is 0 Å². The monoisotopic (exact) mass is 324 g/mol. The van der Waals surface area contributed by atoms with Gasteiger partial charge in [0.05, 0.1) is 17.2 Å². The maximum Gasteiger partial charge on any atom is 0.260 e. The van der Waals surface area contributed by atoms with E-state index in [0.717, 1.165) is 16.9 Å². The van der Waals surface area contributed by atoms with Crippen LogP contribution in [-0.2, 0) is 11.3 Å². The van der Waals surface area contributed by atoms with Crippen LogP contribution in [0.5, 0.6) is 11.5 Å². The highest BCUT2D eigenvalue weighted by Gasteiger charge is 2.10. The van der Waals surface area contributed by atoms with Gasteiger partial charge in [-0.15, -0.1) is 0 Å². The van der Waals surface area contributed by atoms with Crippen LogP contribution in [-0.4, -0.2) is 31.9 Å². The lowest BCUT2D eigenvalue weighted by atomic mass is 10.2. The van der Waals surface area contributed by atoms with Crippen molar-refractivity contribution >= 4 is 23.2 Å². The summed E-state index contributed by atoms with van der Waals surface area (Å²) in [6.45, 7) is 1.93. The predicted octanol–water partition coefficient (Wildman–Crippen LogP) is 1.91. The first-order valence-corrected chi connectivity index (χ1v) is 7.30. The molecule has 7 nitrogen and oxygen atoms in total. The predicted molar refractivity (Wildman–Crippen MR) is 90.0 cm³/mol. The summed E-state index contributed by atoms with van der Waals surface area (Å²) in [4.78, 5) is 16.5. The van der Waals surface area contributed by atoms with Crippen molar-refractivity contribution < 1.29 is 15.0 Å². The molecule has 24 heavy (non-hydrogen) atoms. The van der Waals surface area contributed by atoms with Crippen molar-refractivity contribution in [2.45, 2.75) is 13.5 Å². The summed E-state index contributed by atoms with van der Waals surface area (Å²) in [6.07, 6.45) is 1.31. The average Bonchev–Trinajstić information content (AvgIpc) is 2.85. The molecule has 0 spiro atoms. The Kier molecular flexibility index (Phi) is 4.15. The van der Waals surface area contributed by atoms with Crippen molar-refractivity contribution in [2.24, 2.45) is 5.10 Å². The number of amides is 1. The molecule has 0 aliphatic heterocycles. The van der Waals surface area contributed by atoms with Gasteiger partial charge in [-0.2, -0.15) is 5.10 Å². The number of phenolic OH excluding ortho intramolecular Hbond substituents is 2. The molecule has 0 saturated heterocycles. The molecular weight excluding hydrogens is 308 g/mol. The number of carbonyl (C=O) groups excluding carboxylic acids is 1. The molecule has 0 atom stereocenters. The van der Waals surface area contributed by atoms with Crippen LogP contribution in [0.3, 0.4) is 0 Å². The standard InChI is InChI=1S/C17H16N4O3/c1-11-19-14-4-2-3-5-15(14)21(11)10-17(24)20-18-9-12-6-7-13(22)8-16(12)23/h2-9,22-23H,10H2,1H3,(H,20,24). The van der Waals surface area contributed by atoms with Gasteiger partial charge in [0.25, 0.3) is 5.91 Å². The summed E-state index contributed by atoms with van der Waals surface area (Å²) >= 11 is 0. The smallest absolute Gasteiger partial charge is 0.260 e. The lowest BCUT2D eigenvalue weighted by Crippen LogP contribution is -2.23. The summed E-state index contributed by atoms with van der Waals surface area (Å²) in [5.41, 5.74) is 4.51. The molecule has 3 rings (SSSR count). The largest absolute Gasteiger partial charge is 0.508 e. The molecule has 1 aromatic heterocycles. The number of imidazole rings is 1. The molecule has 0 radical (unpaired) electrons.